The molecule has 0 spiro atoms. The molecule has 0 aliphatic heterocycles. The highest BCUT2D eigenvalue weighted by atomic mass is 16.2. The summed E-state index contributed by atoms with van der Waals surface area (Å²) in [6.45, 7) is 1.36. The van der Waals surface area contributed by atoms with Crippen molar-refractivity contribution in [1.29, 1.82) is 0 Å². The van der Waals surface area contributed by atoms with E-state index in [1.807, 2.05) is 0 Å². The molecule has 0 bridgehead atoms. The normalized spacial score (nSPS) is 9.31. The van der Waals surface area contributed by atoms with Gasteiger partial charge in [-0.2, -0.15) is 0 Å². The molecule has 1 N–H and O–H groups in total. The van der Waals surface area contributed by atoms with Crippen molar-refractivity contribution in [3.8, 4) is 0 Å². The molecule has 0 unspecified atom stereocenters. The van der Waals surface area contributed by atoms with E-state index < -0.39 is 0 Å². The van der Waals surface area contributed by atoms with E-state index in [9.17, 15) is 9.59 Å². The Morgan fingerprint density at radius 2 is 2.23 bits per heavy atom. The molecule has 1 heterocycles. The minimum atomic E-state index is -0.368. The lowest BCUT2D eigenvalue weighted by Gasteiger charge is -2.00. The molecule has 5 heteroatoms. The number of hydrogen-bond donors (Lipinski definition) is 1. The molecule has 0 saturated heterocycles. The van der Waals surface area contributed by atoms with Gasteiger partial charge in [-0.1, -0.05) is 0 Å². The van der Waals surface area contributed by atoms with E-state index >= 15 is 0 Å². The van der Waals surface area contributed by atoms with Gasteiger partial charge in [0.25, 0.3) is 0 Å². The smallest absolute Gasteiger partial charge is 0.233 e. The van der Waals surface area contributed by atoms with Crippen molar-refractivity contribution in [2.45, 2.75) is 13.3 Å². The average molecular weight is 179 g/mol. The fraction of sp³-hybridized carbons (Fsp3) is 0.250. The van der Waals surface area contributed by atoms with E-state index in [4.69, 9.17) is 0 Å². The number of rotatable bonds is 3. The van der Waals surface area contributed by atoms with Crippen LogP contribution >= 0.6 is 0 Å². The molecule has 1 aromatic heterocycles. The highest BCUT2D eigenvalue weighted by Gasteiger charge is 2.05. The lowest BCUT2D eigenvalue weighted by Crippen LogP contribution is -2.15. The van der Waals surface area contributed by atoms with Gasteiger partial charge >= 0.3 is 0 Å². The summed E-state index contributed by atoms with van der Waals surface area (Å²) in [5, 5.41) is 2.44. The number of nitrogens with zero attached hydrogens (tertiary/aromatic N) is 2. The van der Waals surface area contributed by atoms with Gasteiger partial charge in [-0.15, -0.1) is 0 Å². The molecular formula is C8H9N3O2. The van der Waals surface area contributed by atoms with Gasteiger partial charge in [-0.3, -0.25) is 14.6 Å². The van der Waals surface area contributed by atoms with Gasteiger partial charge in [-0.05, 0) is 6.92 Å². The van der Waals surface area contributed by atoms with Crippen molar-refractivity contribution in [2.75, 3.05) is 5.32 Å². The van der Waals surface area contributed by atoms with Gasteiger partial charge in [0.1, 0.15) is 5.78 Å². The van der Waals surface area contributed by atoms with Gasteiger partial charge in [-0.25, -0.2) is 4.98 Å². The predicted octanol–water partition coefficient (Wildman–Crippen LogP) is 0.394. The van der Waals surface area contributed by atoms with Crippen molar-refractivity contribution in [1.82, 2.24) is 9.97 Å². The number of Topliss-reactive ketones (excluding diaryl/α,β-unsaturated/α-hetero) is 1. The second-order valence-electron chi connectivity index (χ2n) is 2.52. The van der Waals surface area contributed by atoms with Crippen molar-refractivity contribution in [2.24, 2.45) is 0 Å². The maximum atomic E-state index is 11.0. The van der Waals surface area contributed by atoms with E-state index in [1.54, 1.807) is 0 Å². The van der Waals surface area contributed by atoms with Crippen LogP contribution in [0.3, 0.4) is 0 Å². The van der Waals surface area contributed by atoms with Crippen LogP contribution in [0.15, 0.2) is 18.6 Å². The molecule has 5 nitrogen and oxygen atoms in total. The van der Waals surface area contributed by atoms with E-state index in [1.165, 1.54) is 25.5 Å². The first-order valence-corrected chi connectivity index (χ1v) is 3.74. The van der Waals surface area contributed by atoms with Crippen molar-refractivity contribution >= 4 is 17.5 Å². The standard InChI is InChI=1S/C8H9N3O2/c1-6(12)4-8(13)11-7-5-9-2-3-10-7/h2-3,5H,4H2,1H3,(H,10,11,13). The monoisotopic (exact) mass is 179 g/mol. The van der Waals surface area contributed by atoms with Crippen LogP contribution in [0.25, 0.3) is 0 Å². The highest BCUT2D eigenvalue weighted by molar-refractivity contribution is 6.03. The molecule has 1 aromatic rings. The number of nitrogens with one attached hydrogen (secondary N) is 1. The summed E-state index contributed by atoms with van der Waals surface area (Å²) in [4.78, 5) is 29.1. The van der Waals surface area contributed by atoms with E-state index in [2.05, 4.69) is 15.3 Å². The van der Waals surface area contributed by atoms with Crippen LogP contribution in [0.5, 0.6) is 0 Å². The summed E-state index contributed by atoms with van der Waals surface area (Å²) < 4.78 is 0. The lowest BCUT2D eigenvalue weighted by atomic mass is 10.3. The minimum absolute atomic E-state index is 0.128. The molecule has 0 atom stereocenters. The first kappa shape index (κ1) is 9.31. The number of anilines is 1. The van der Waals surface area contributed by atoms with Crippen LogP contribution in [0.4, 0.5) is 5.82 Å². The molecule has 0 saturated carbocycles. The minimum Gasteiger partial charge on any atom is -0.309 e. The molecule has 0 aromatic carbocycles. The van der Waals surface area contributed by atoms with Crippen LogP contribution in [0.2, 0.25) is 0 Å². The molecule has 68 valence electrons. The Hall–Kier alpha value is -1.78. The third kappa shape index (κ3) is 3.42. The lowest BCUT2D eigenvalue weighted by molar-refractivity contribution is -0.124. The fourth-order valence-electron chi connectivity index (χ4n) is 0.777. The van der Waals surface area contributed by atoms with E-state index in [0.717, 1.165) is 0 Å². The SMILES string of the molecule is CC(=O)CC(=O)Nc1cnccn1. The third-order valence-electron chi connectivity index (χ3n) is 1.24. The molecule has 1 amide bonds. The summed E-state index contributed by atoms with van der Waals surface area (Å²) in [5.74, 6) is -0.192. The summed E-state index contributed by atoms with van der Waals surface area (Å²) in [7, 11) is 0. The van der Waals surface area contributed by atoms with Gasteiger partial charge in [0, 0.05) is 12.4 Å². The van der Waals surface area contributed by atoms with Crippen molar-refractivity contribution in [3.63, 3.8) is 0 Å². The Morgan fingerprint density at radius 1 is 1.46 bits per heavy atom. The third-order valence-corrected chi connectivity index (χ3v) is 1.24. The summed E-state index contributed by atoms with van der Waals surface area (Å²) in [5.41, 5.74) is 0. The van der Waals surface area contributed by atoms with Crippen LogP contribution < -0.4 is 5.32 Å². The molecular weight excluding hydrogens is 170 g/mol. The molecule has 0 aliphatic carbocycles. The first-order valence-electron chi connectivity index (χ1n) is 3.74. The second-order valence-corrected chi connectivity index (χ2v) is 2.52. The van der Waals surface area contributed by atoms with E-state index in [0.29, 0.717) is 5.82 Å². The summed E-state index contributed by atoms with van der Waals surface area (Å²) in [6.07, 6.45) is 4.25. The average Bonchev–Trinajstić information content (AvgIpc) is 2.04. The Balaban J connectivity index is 2.50. The molecule has 0 radical (unpaired) electrons. The number of carbonyl (C=O) groups excluding carboxylic acids is 2. The number of hydrogen-bond acceptors (Lipinski definition) is 4. The Kier molecular flexibility index (Phi) is 3.08. The quantitative estimate of drug-likeness (QED) is 0.681. The largest absolute Gasteiger partial charge is 0.309 e. The van der Waals surface area contributed by atoms with Gasteiger partial charge < -0.3 is 5.32 Å². The number of amides is 1. The van der Waals surface area contributed by atoms with E-state index in [-0.39, 0.29) is 18.1 Å². The maximum Gasteiger partial charge on any atom is 0.233 e. The van der Waals surface area contributed by atoms with Crippen LogP contribution in [-0.4, -0.2) is 21.7 Å². The summed E-state index contributed by atoms with van der Waals surface area (Å²) >= 11 is 0. The number of carbonyl (C=O) groups is 2. The van der Waals surface area contributed by atoms with Crippen LogP contribution in [-0.2, 0) is 9.59 Å². The molecule has 1 rings (SSSR count). The second kappa shape index (κ2) is 4.30. The van der Waals surface area contributed by atoms with Gasteiger partial charge in [0.2, 0.25) is 5.91 Å². The number of aromatic nitrogens is 2. The Bertz CT molecular complexity index is 310. The molecule has 13 heavy (non-hydrogen) atoms. The predicted molar refractivity (Wildman–Crippen MR) is 46.0 cm³/mol. The number of ketones is 1. The zero-order valence-electron chi connectivity index (χ0n) is 7.15. The van der Waals surface area contributed by atoms with Crippen molar-refractivity contribution in [3.05, 3.63) is 18.6 Å². The van der Waals surface area contributed by atoms with Crippen molar-refractivity contribution < 1.29 is 9.59 Å². The zero-order chi connectivity index (χ0) is 9.68. The van der Waals surface area contributed by atoms with Gasteiger partial charge in [0.05, 0.1) is 12.6 Å². The zero-order valence-corrected chi connectivity index (χ0v) is 7.15. The molecule has 0 aliphatic rings. The topological polar surface area (TPSA) is 72.0 Å². The van der Waals surface area contributed by atoms with Crippen LogP contribution in [0, 0.1) is 0 Å². The fourth-order valence-corrected chi connectivity index (χ4v) is 0.777. The van der Waals surface area contributed by atoms with Gasteiger partial charge in [0.15, 0.2) is 5.82 Å². The first-order chi connectivity index (χ1) is 6.18. The Labute approximate surface area is 75.2 Å². The highest BCUT2D eigenvalue weighted by Crippen LogP contribution is 1.97. The Morgan fingerprint density at radius 3 is 2.77 bits per heavy atom. The maximum absolute atomic E-state index is 11.0. The van der Waals surface area contributed by atoms with Crippen LogP contribution in [0.1, 0.15) is 13.3 Å². The summed E-state index contributed by atoms with van der Waals surface area (Å²) in [6, 6.07) is 0. The molecule has 0 fully saturated rings.